The van der Waals surface area contributed by atoms with Gasteiger partial charge in [-0.3, -0.25) is 14.9 Å². The van der Waals surface area contributed by atoms with Gasteiger partial charge in [0.1, 0.15) is 5.82 Å². The molecule has 0 aromatic heterocycles. The normalized spacial score (nSPS) is 21.3. The molecule has 2 heterocycles. The van der Waals surface area contributed by atoms with Crippen LogP contribution < -0.4 is 10.6 Å². The van der Waals surface area contributed by atoms with E-state index in [1.54, 1.807) is 0 Å². The maximum Gasteiger partial charge on any atom is 0.322 e. The topological polar surface area (TPSA) is 78.5 Å². The van der Waals surface area contributed by atoms with E-state index in [9.17, 15) is 27.6 Å². The summed E-state index contributed by atoms with van der Waals surface area (Å²) in [5.74, 6) is -4.07. The van der Waals surface area contributed by atoms with E-state index in [-0.39, 0.29) is 29.8 Å². The highest BCUT2D eigenvalue weighted by Gasteiger charge is 2.50. The number of urea groups is 1. The van der Waals surface area contributed by atoms with Crippen LogP contribution in [0.2, 0.25) is 0 Å². The molecular formula is C18H12F3N3O3. The summed E-state index contributed by atoms with van der Waals surface area (Å²) in [6.07, 6.45) is 0. The molecule has 9 heteroatoms. The van der Waals surface area contributed by atoms with Crippen molar-refractivity contribution < 1.29 is 27.6 Å². The van der Waals surface area contributed by atoms with E-state index < -0.39 is 40.8 Å². The monoisotopic (exact) mass is 375 g/mol. The molecule has 6 nitrogen and oxygen atoms in total. The molecule has 0 spiro atoms. The zero-order valence-corrected chi connectivity index (χ0v) is 13.7. The molecule has 1 saturated heterocycles. The lowest BCUT2D eigenvalue weighted by atomic mass is 9.89. The van der Waals surface area contributed by atoms with Crippen molar-refractivity contribution in [3.05, 3.63) is 70.5 Å². The minimum absolute atomic E-state index is 0.00659. The highest BCUT2D eigenvalue weighted by atomic mass is 19.2. The fourth-order valence-electron chi connectivity index (χ4n) is 3.41. The van der Waals surface area contributed by atoms with Crippen molar-refractivity contribution in [3.63, 3.8) is 0 Å². The number of rotatable bonds is 3. The molecule has 4 amide bonds. The second kappa shape index (κ2) is 5.83. The minimum atomic E-state index is -1.64. The van der Waals surface area contributed by atoms with E-state index in [4.69, 9.17) is 0 Å². The summed E-state index contributed by atoms with van der Waals surface area (Å²) in [4.78, 5) is 38.1. The van der Waals surface area contributed by atoms with E-state index in [0.717, 1.165) is 24.3 Å². The van der Waals surface area contributed by atoms with Crippen LogP contribution in [0, 0.1) is 17.5 Å². The van der Waals surface area contributed by atoms with Crippen molar-refractivity contribution in [1.82, 2.24) is 15.5 Å². The molecule has 2 aromatic rings. The van der Waals surface area contributed by atoms with Gasteiger partial charge in [0.15, 0.2) is 17.2 Å². The van der Waals surface area contributed by atoms with E-state index in [1.165, 1.54) is 17.0 Å². The first kappa shape index (κ1) is 17.1. The van der Waals surface area contributed by atoms with Crippen molar-refractivity contribution in [3.8, 4) is 0 Å². The van der Waals surface area contributed by atoms with Crippen LogP contribution in [0.4, 0.5) is 18.0 Å². The third-order valence-electron chi connectivity index (χ3n) is 4.73. The number of hydrogen-bond donors (Lipinski definition) is 2. The molecule has 0 saturated carbocycles. The Bertz CT molecular complexity index is 993. The summed E-state index contributed by atoms with van der Waals surface area (Å²) in [6, 6.07) is 5.89. The molecule has 138 valence electrons. The largest absolute Gasteiger partial charge is 0.331 e. The van der Waals surface area contributed by atoms with Crippen molar-refractivity contribution in [2.45, 2.75) is 12.1 Å². The number of nitrogens with one attached hydrogen (secondary N) is 2. The molecule has 2 aliphatic rings. The zero-order valence-electron chi connectivity index (χ0n) is 13.7. The average molecular weight is 375 g/mol. The maximum absolute atomic E-state index is 13.5. The predicted octanol–water partition coefficient (Wildman–Crippen LogP) is 1.79. The van der Waals surface area contributed by atoms with Crippen LogP contribution in [-0.2, 0) is 16.9 Å². The number of nitrogens with zero attached hydrogens (tertiary/aromatic N) is 1. The van der Waals surface area contributed by atoms with Crippen LogP contribution in [0.1, 0.15) is 21.5 Å². The Labute approximate surface area is 151 Å². The smallest absolute Gasteiger partial charge is 0.322 e. The number of carbonyl (C=O) groups is 3. The first-order chi connectivity index (χ1) is 12.8. The van der Waals surface area contributed by atoms with Gasteiger partial charge in [0.2, 0.25) is 0 Å². The predicted molar refractivity (Wildman–Crippen MR) is 85.9 cm³/mol. The summed E-state index contributed by atoms with van der Waals surface area (Å²) >= 11 is 0. The Morgan fingerprint density at radius 1 is 1.00 bits per heavy atom. The molecule has 2 N–H and O–H groups in total. The molecule has 1 atom stereocenters. The van der Waals surface area contributed by atoms with Crippen LogP contribution in [0.5, 0.6) is 0 Å². The average Bonchev–Trinajstić information content (AvgIpc) is 3.06. The number of imide groups is 1. The quantitative estimate of drug-likeness (QED) is 0.803. The second-order valence-corrected chi connectivity index (χ2v) is 6.41. The van der Waals surface area contributed by atoms with Crippen molar-refractivity contribution in [1.29, 1.82) is 0 Å². The Morgan fingerprint density at radius 2 is 1.67 bits per heavy atom. The molecule has 0 radical (unpaired) electrons. The molecule has 0 aliphatic carbocycles. The van der Waals surface area contributed by atoms with E-state index >= 15 is 0 Å². The van der Waals surface area contributed by atoms with Crippen molar-refractivity contribution in [2.75, 3.05) is 6.54 Å². The van der Waals surface area contributed by atoms with E-state index in [2.05, 4.69) is 10.6 Å². The molecule has 0 unspecified atom stereocenters. The third kappa shape index (κ3) is 2.62. The van der Waals surface area contributed by atoms with Crippen molar-refractivity contribution >= 4 is 17.8 Å². The van der Waals surface area contributed by atoms with Crippen LogP contribution in [0.15, 0.2) is 36.4 Å². The molecule has 2 aromatic carbocycles. The van der Waals surface area contributed by atoms with E-state index in [1.807, 2.05) is 0 Å². The zero-order chi connectivity index (χ0) is 19.3. The molecule has 27 heavy (non-hydrogen) atoms. The summed E-state index contributed by atoms with van der Waals surface area (Å²) in [7, 11) is 0. The van der Waals surface area contributed by atoms with Crippen LogP contribution in [-0.4, -0.2) is 29.3 Å². The maximum atomic E-state index is 13.5. The Balaban J connectivity index is 1.72. The van der Waals surface area contributed by atoms with Gasteiger partial charge in [0.05, 0.1) is 6.54 Å². The lowest BCUT2D eigenvalue weighted by Crippen LogP contribution is -2.52. The van der Waals surface area contributed by atoms with Gasteiger partial charge in [-0.2, -0.15) is 0 Å². The SMILES string of the molecule is O=C1NC(=O)[C@](CN2Cc3cc(F)c(F)cc3C2=O)(c2ccc(F)cc2)N1. The number of amides is 4. The summed E-state index contributed by atoms with van der Waals surface area (Å²) in [6.45, 7) is -0.343. The van der Waals surface area contributed by atoms with Gasteiger partial charge in [-0.05, 0) is 35.4 Å². The van der Waals surface area contributed by atoms with Crippen LogP contribution in [0.3, 0.4) is 0 Å². The fourth-order valence-corrected chi connectivity index (χ4v) is 3.41. The Kier molecular flexibility index (Phi) is 3.69. The van der Waals surface area contributed by atoms with Gasteiger partial charge in [-0.25, -0.2) is 18.0 Å². The van der Waals surface area contributed by atoms with Gasteiger partial charge < -0.3 is 10.2 Å². The molecule has 1 fully saturated rings. The Morgan fingerprint density at radius 3 is 2.30 bits per heavy atom. The van der Waals surface area contributed by atoms with Gasteiger partial charge in [-0.1, -0.05) is 12.1 Å². The van der Waals surface area contributed by atoms with Gasteiger partial charge in [0.25, 0.3) is 11.8 Å². The molecular weight excluding hydrogens is 363 g/mol. The van der Waals surface area contributed by atoms with Gasteiger partial charge >= 0.3 is 6.03 Å². The first-order valence-electron chi connectivity index (χ1n) is 7.97. The van der Waals surface area contributed by atoms with E-state index in [0.29, 0.717) is 0 Å². The first-order valence-corrected chi connectivity index (χ1v) is 7.97. The minimum Gasteiger partial charge on any atom is -0.331 e. The fraction of sp³-hybridized carbons (Fsp3) is 0.167. The number of benzene rings is 2. The lowest BCUT2D eigenvalue weighted by Gasteiger charge is -2.31. The molecule has 2 aliphatic heterocycles. The number of carbonyl (C=O) groups excluding carboxylic acids is 3. The van der Waals surface area contributed by atoms with Crippen LogP contribution in [0.25, 0.3) is 0 Å². The summed E-state index contributed by atoms with van der Waals surface area (Å²) < 4.78 is 40.2. The molecule has 4 rings (SSSR count). The summed E-state index contributed by atoms with van der Waals surface area (Å²) in [5, 5.41) is 4.59. The van der Waals surface area contributed by atoms with Gasteiger partial charge in [0, 0.05) is 12.1 Å². The number of hydrogen-bond acceptors (Lipinski definition) is 3. The number of halogens is 3. The molecule has 0 bridgehead atoms. The Hall–Kier alpha value is -3.36. The van der Waals surface area contributed by atoms with Crippen molar-refractivity contribution in [2.24, 2.45) is 0 Å². The standard InChI is InChI=1S/C18H12F3N3O3/c19-11-3-1-10(2-4-11)18(16(26)22-17(27)23-18)8-24-7-9-5-13(20)14(21)6-12(9)15(24)25/h1-6H,7-8H2,(H2,22,23,26,27)/t18-/m0/s1. The second-order valence-electron chi connectivity index (χ2n) is 6.41. The van der Waals surface area contributed by atoms with Gasteiger partial charge in [-0.15, -0.1) is 0 Å². The number of fused-ring (bicyclic) bond motifs is 1. The summed E-state index contributed by atoms with van der Waals surface area (Å²) in [5.41, 5.74) is -1.10. The lowest BCUT2D eigenvalue weighted by molar-refractivity contribution is -0.124. The highest BCUT2D eigenvalue weighted by molar-refractivity contribution is 6.08. The van der Waals surface area contributed by atoms with Crippen LogP contribution >= 0.6 is 0 Å². The third-order valence-corrected chi connectivity index (χ3v) is 4.73. The highest BCUT2D eigenvalue weighted by Crippen LogP contribution is 2.32.